The highest BCUT2D eigenvalue weighted by molar-refractivity contribution is 7.90. The molecule has 0 saturated carbocycles. The van der Waals surface area contributed by atoms with Crippen LogP contribution in [0.4, 0.5) is 39.5 Å². The number of benzene rings is 2. The van der Waals surface area contributed by atoms with E-state index < -0.39 is 39.8 Å². The third kappa shape index (κ3) is 5.50. The van der Waals surface area contributed by atoms with Crippen molar-refractivity contribution in [3.05, 3.63) is 71.3 Å². The average Bonchev–Trinajstić information content (AvgIpc) is 2.75. The summed E-state index contributed by atoms with van der Waals surface area (Å²) < 4.78 is 142. The van der Waals surface area contributed by atoms with Crippen LogP contribution < -0.4 is 4.72 Å². The van der Waals surface area contributed by atoms with Gasteiger partial charge in [-0.3, -0.25) is 0 Å². The molecule has 0 fully saturated rings. The molecule has 0 bridgehead atoms. The second-order valence-electron chi connectivity index (χ2n) is 6.92. The van der Waals surface area contributed by atoms with Crippen LogP contribution in [0.2, 0.25) is 0 Å². The molecule has 0 heterocycles. The number of halogens is 9. The van der Waals surface area contributed by atoms with Crippen LogP contribution in [0.15, 0.2) is 54.6 Å². The van der Waals surface area contributed by atoms with Crippen molar-refractivity contribution < 1.29 is 47.9 Å². The lowest BCUT2D eigenvalue weighted by Crippen LogP contribution is -2.64. The lowest BCUT2D eigenvalue weighted by atomic mass is 10.0. The Bertz CT molecular complexity index is 1150. The Labute approximate surface area is 189 Å². The highest BCUT2D eigenvalue weighted by Gasteiger charge is 2.85. The molecule has 0 aliphatic heterocycles. The van der Waals surface area contributed by atoms with Gasteiger partial charge in [0.05, 0.1) is 0 Å². The Kier molecular flexibility index (Phi) is 7.99. The maximum Gasteiger partial charge on any atom is 0.460 e. The molecule has 34 heavy (non-hydrogen) atoms. The zero-order valence-corrected chi connectivity index (χ0v) is 17.8. The fourth-order valence-corrected chi connectivity index (χ4v) is 3.64. The molecule has 2 aromatic carbocycles. The SMILES string of the molecule is O=S(=O)(NCc1ccccc1CCC#Cc1ccccc1)C(F)(F)C(F)(F)C(F)(F)C(F)(F)F. The number of alkyl halides is 9. The summed E-state index contributed by atoms with van der Waals surface area (Å²) in [6.45, 7) is -1.06. The highest BCUT2D eigenvalue weighted by Crippen LogP contribution is 2.54. The number of sulfonamides is 1. The van der Waals surface area contributed by atoms with Crippen LogP contribution in [0, 0.1) is 11.8 Å². The first-order valence-corrected chi connectivity index (χ1v) is 10.8. The van der Waals surface area contributed by atoms with Crippen molar-refractivity contribution >= 4 is 10.0 Å². The van der Waals surface area contributed by atoms with Crippen molar-refractivity contribution in [2.45, 2.75) is 42.7 Å². The van der Waals surface area contributed by atoms with Gasteiger partial charge < -0.3 is 0 Å². The van der Waals surface area contributed by atoms with Crippen molar-refractivity contribution in [2.75, 3.05) is 0 Å². The third-order valence-corrected chi connectivity index (χ3v) is 6.01. The standard InChI is InChI=1S/C21H16F9NO2S/c22-18(23,20(26,27)28)19(24,25)21(29,30)34(32,33)31-14-17-13-7-6-12-16(17)11-5-4-10-15-8-2-1-3-9-15/h1-3,6-9,12-13,31H,5,11,14H2. The van der Waals surface area contributed by atoms with Gasteiger partial charge in [0.1, 0.15) is 0 Å². The van der Waals surface area contributed by atoms with E-state index >= 15 is 0 Å². The Balaban J connectivity index is 2.17. The van der Waals surface area contributed by atoms with E-state index in [0.29, 0.717) is 11.1 Å². The minimum absolute atomic E-state index is 0.00860. The zero-order valence-electron chi connectivity index (χ0n) is 16.9. The lowest BCUT2D eigenvalue weighted by Gasteiger charge is -2.33. The number of rotatable bonds is 8. The summed E-state index contributed by atoms with van der Waals surface area (Å²) in [4.78, 5) is 0. The van der Waals surface area contributed by atoms with Gasteiger partial charge in [0.2, 0.25) is 0 Å². The minimum Gasteiger partial charge on any atom is -0.206 e. The summed E-state index contributed by atoms with van der Waals surface area (Å²) in [7, 11) is -6.68. The third-order valence-electron chi connectivity index (χ3n) is 4.55. The van der Waals surface area contributed by atoms with Crippen molar-refractivity contribution in [1.82, 2.24) is 4.72 Å². The van der Waals surface area contributed by atoms with Crippen LogP contribution in [0.3, 0.4) is 0 Å². The molecule has 13 heteroatoms. The van der Waals surface area contributed by atoms with Crippen LogP contribution in [0.1, 0.15) is 23.1 Å². The summed E-state index contributed by atoms with van der Waals surface area (Å²) in [6.07, 6.45) is -6.72. The van der Waals surface area contributed by atoms with Gasteiger partial charge in [-0.2, -0.15) is 39.5 Å². The van der Waals surface area contributed by atoms with E-state index in [2.05, 4.69) is 11.8 Å². The number of hydrogen-bond donors (Lipinski definition) is 1. The second-order valence-corrected chi connectivity index (χ2v) is 8.73. The monoisotopic (exact) mass is 517 g/mol. The molecule has 1 N–H and O–H groups in total. The van der Waals surface area contributed by atoms with E-state index in [9.17, 15) is 47.9 Å². The second kappa shape index (κ2) is 9.87. The molecule has 3 nitrogen and oxygen atoms in total. The maximum absolute atomic E-state index is 13.8. The summed E-state index contributed by atoms with van der Waals surface area (Å²) >= 11 is 0. The van der Waals surface area contributed by atoms with Gasteiger partial charge in [-0.25, -0.2) is 13.1 Å². The van der Waals surface area contributed by atoms with E-state index in [0.717, 1.165) is 4.72 Å². The van der Waals surface area contributed by atoms with Crippen molar-refractivity contribution in [3.8, 4) is 11.8 Å². The molecule has 0 saturated heterocycles. The minimum atomic E-state index is -7.31. The van der Waals surface area contributed by atoms with E-state index in [1.165, 1.54) is 24.3 Å². The van der Waals surface area contributed by atoms with Crippen LogP contribution in [0.5, 0.6) is 0 Å². The Morgan fingerprint density at radius 3 is 1.82 bits per heavy atom. The van der Waals surface area contributed by atoms with Gasteiger partial charge in [0.25, 0.3) is 10.0 Å². The normalized spacial score (nSPS) is 13.3. The molecule has 0 aliphatic rings. The summed E-state index contributed by atoms with van der Waals surface area (Å²) in [5.74, 6) is -8.92. The zero-order chi connectivity index (χ0) is 25.8. The molecular weight excluding hydrogens is 501 g/mol. The van der Waals surface area contributed by atoms with Gasteiger partial charge >= 0.3 is 23.3 Å². The van der Waals surface area contributed by atoms with Crippen molar-refractivity contribution in [3.63, 3.8) is 0 Å². The van der Waals surface area contributed by atoms with E-state index in [-0.39, 0.29) is 18.4 Å². The highest BCUT2D eigenvalue weighted by atomic mass is 32.2. The van der Waals surface area contributed by atoms with Crippen molar-refractivity contribution in [2.24, 2.45) is 0 Å². The first kappa shape index (κ1) is 27.5. The van der Waals surface area contributed by atoms with Crippen LogP contribution >= 0.6 is 0 Å². The first-order chi connectivity index (χ1) is 15.5. The van der Waals surface area contributed by atoms with Gasteiger partial charge in [-0.15, -0.1) is 0 Å². The molecule has 0 aromatic heterocycles. The van der Waals surface area contributed by atoms with Crippen LogP contribution in [-0.4, -0.2) is 31.7 Å². The number of nitrogens with one attached hydrogen (secondary N) is 1. The summed E-state index contributed by atoms with van der Waals surface area (Å²) in [6, 6.07) is 14.3. The van der Waals surface area contributed by atoms with Crippen LogP contribution in [-0.2, 0) is 23.0 Å². The van der Waals surface area contributed by atoms with Crippen LogP contribution in [0.25, 0.3) is 0 Å². The van der Waals surface area contributed by atoms with Gasteiger partial charge in [-0.05, 0) is 29.7 Å². The fraction of sp³-hybridized carbons (Fsp3) is 0.333. The Hall–Kier alpha value is -2.72. The van der Waals surface area contributed by atoms with Crippen molar-refractivity contribution in [1.29, 1.82) is 0 Å². The molecule has 0 spiro atoms. The Morgan fingerprint density at radius 2 is 1.26 bits per heavy atom. The molecule has 2 rings (SSSR count). The molecule has 0 radical (unpaired) electrons. The predicted octanol–water partition coefficient (Wildman–Crippen LogP) is 5.52. The molecule has 186 valence electrons. The molecule has 2 aromatic rings. The quantitative estimate of drug-likeness (QED) is 0.371. The topological polar surface area (TPSA) is 46.2 Å². The van der Waals surface area contributed by atoms with E-state index in [4.69, 9.17) is 0 Å². The largest absolute Gasteiger partial charge is 0.460 e. The molecule has 0 unspecified atom stereocenters. The van der Waals surface area contributed by atoms with E-state index in [1.54, 1.807) is 30.3 Å². The average molecular weight is 517 g/mol. The Morgan fingerprint density at radius 1 is 0.735 bits per heavy atom. The van der Waals surface area contributed by atoms with Gasteiger partial charge in [-0.1, -0.05) is 54.3 Å². The smallest absolute Gasteiger partial charge is 0.206 e. The maximum atomic E-state index is 13.8. The predicted molar refractivity (Wildman–Crippen MR) is 105 cm³/mol. The van der Waals surface area contributed by atoms with Gasteiger partial charge in [0, 0.05) is 18.5 Å². The fourth-order valence-electron chi connectivity index (χ4n) is 2.65. The summed E-state index contributed by atoms with van der Waals surface area (Å²) in [5.41, 5.74) is 1.08. The lowest BCUT2D eigenvalue weighted by molar-refractivity contribution is -0.382. The molecule has 0 amide bonds. The summed E-state index contributed by atoms with van der Waals surface area (Å²) in [5, 5.41) is -6.78. The molecular formula is C21H16F9NO2S. The van der Waals surface area contributed by atoms with E-state index in [1.807, 2.05) is 0 Å². The number of hydrogen-bond acceptors (Lipinski definition) is 2. The van der Waals surface area contributed by atoms with Gasteiger partial charge in [0.15, 0.2) is 0 Å². The molecule has 0 atom stereocenters. The number of aryl methyl sites for hydroxylation is 1. The molecule has 0 aliphatic carbocycles. The first-order valence-electron chi connectivity index (χ1n) is 9.34.